The zero-order valence-electron chi connectivity index (χ0n) is 11.5. The first kappa shape index (κ1) is 12.7. The van der Waals surface area contributed by atoms with Crippen LogP contribution in [0, 0.1) is 0 Å². The Morgan fingerprint density at radius 2 is 2.11 bits per heavy atom. The van der Waals surface area contributed by atoms with Crippen molar-refractivity contribution in [3.63, 3.8) is 0 Å². The summed E-state index contributed by atoms with van der Waals surface area (Å²) in [6, 6.07) is 10.8. The highest BCUT2D eigenvalue weighted by molar-refractivity contribution is 5.86. The molecule has 2 fully saturated rings. The SMILES string of the molecule is CC1(C(=O)NC2CC2c2ccccc2)CCCCN1. The molecule has 0 spiro atoms. The van der Waals surface area contributed by atoms with Crippen LogP contribution >= 0.6 is 0 Å². The number of amides is 1. The highest BCUT2D eigenvalue weighted by atomic mass is 16.2. The fourth-order valence-corrected chi connectivity index (χ4v) is 3.00. The van der Waals surface area contributed by atoms with Crippen molar-refractivity contribution in [1.29, 1.82) is 0 Å². The molecule has 1 aliphatic carbocycles. The van der Waals surface area contributed by atoms with Crippen molar-refractivity contribution in [1.82, 2.24) is 10.6 Å². The second kappa shape index (κ2) is 4.97. The molecular weight excluding hydrogens is 236 g/mol. The first-order valence-electron chi connectivity index (χ1n) is 7.30. The van der Waals surface area contributed by atoms with E-state index in [4.69, 9.17) is 0 Å². The molecule has 102 valence electrons. The fourth-order valence-electron chi connectivity index (χ4n) is 3.00. The first-order valence-corrected chi connectivity index (χ1v) is 7.30. The average molecular weight is 258 g/mol. The summed E-state index contributed by atoms with van der Waals surface area (Å²) in [5.41, 5.74) is 0.983. The van der Waals surface area contributed by atoms with Crippen LogP contribution in [0.5, 0.6) is 0 Å². The van der Waals surface area contributed by atoms with Crippen LogP contribution in [0.25, 0.3) is 0 Å². The molecule has 1 aromatic carbocycles. The lowest BCUT2D eigenvalue weighted by molar-refractivity contribution is -0.128. The molecule has 0 bridgehead atoms. The molecule has 1 saturated heterocycles. The Morgan fingerprint density at radius 3 is 2.79 bits per heavy atom. The molecule has 2 N–H and O–H groups in total. The Kier molecular flexibility index (Phi) is 3.31. The second-order valence-electron chi connectivity index (χ2n) is 6.05. The van der Waals surface area contributed by atoms with Crippen molar-refractivity contribution in [3.8, 4) is 0 Å². The van der Waals surface area contributed by atoms with Crippen molar-refractivity contribution in [2.24, 2.45) is 0 Å². The summed E-state index contributed by atoms with van der Waals surface area (Å²) in [6.07, 6.45) is 4.34. The molecule has 2 aliphatic rings. The maximum Gasteiger partial charge on any atom is 0.240 e. The molecule has 1 amide bonds. The minimum Gasteiger partial charge on any atom is -0.351 e. The van der Waals surface area contributed by atoms with Crippen LogP contribution < -0.4 is 10.6 Å². The normalized spacial score (nSPS) is 33.7. The van der Waals surface area contributed by atoms with Crippen LogP contribution in [-0.2, 0) is 4.79 Å². The predicted octanol–water partition coefficient (Wildman–Crippen LogP) is 2.19. The van der Waals surface area contributed by atoms with Gasteiger partial charge in [-0.05, 0) is 44.7 Å². The van der Waals surface area contributed by atoms with Gasteiger partial charge in [0.05, 0.1) is 5.54 Å². The molecule has 1 heterocycles. The van der Waals surface area contributed by atoms with E-state index in [-0.39, 0.29) is 11.4 Å². The maximum atomic E-state index is 12.4. The molecule has 3 nitrogen and oxygen atoms in total. The zero-order valence-corrected chi connectivity index (χ0v) is 11.5. The number of hydrogen-bond donors (Lipinski definition) is 2. The van der Waals surface area contributed by atoms with Crippen molar-refractivity contribution >= 4 is 5.91 Å². The summed E-state index contributed by atoms with van der Waals surface area (Å²) >= 11 is 0. The highest BCUT2D eigenvalue weighted by Crippen LogP contribution is 2.41. The number of carbonyl (C=O) groups is 1. The Bertz CT molecular complexity index is 451. The summed E-state index contributed by atoms with van der Waals surface area (Å²) in [5, 5.41) is 6.58. The Hall–Kier alpha value is -1.35. The first-order chi connectivity index (χ1) is 9.19. The van der Waals surface area contributed by atoms with Gasteiger partial charge in [0.1, 0.15) is 0 Å². The highest BCUT2D eigenvalue weighted by Gasteiger charge is 2.43. The summed E-state index contributed by atoms with van der Waals surface area (Å²) in [4.78, 5) is 12.4. The Labute approximate surface area is 114 Å². The van der Waals surface area contributed by atoms with Crippen molar-refractivity contribution in [3.05, 3.63) is 35.9 Å². The third-order valence-electron chi connectivity index (χ3n) is 4.45. The van der Waals surface area contributed by atoms with Crippen LogP contribution in [0.4, 0.5) is 0 Å². The van der Waals surface area contributed by atoms with E-state index in [2.05, 4.69) is 34.9 Å². The summed E-state index contributed by atoms with van der Waals surface area (Å²) < 4.78 is 0. The minimum atomic E-state index is -0.359. The molecule has 0 radical (unpaired) electrons. The number of nitrogens with one attached hydrogen (secondary N) is 2. The number of carbonyl (C=O) groups excluding carboxylic acids is 1. The van der Waals surface area contributed by atoms with Gasteiger partial charge < -0.3 is 10.6 Å². The topological polar surface area (TPSA) is 41.1 Å². The third-order valence-corrected chi connectivity index (χ3v) is 4.45. The molecular formula is C16H22N2O. The van der Waals surface area contributed by atoms with E-state index in [1.807, 2.05) is 13.0 Å². The second-order valence-corrected chi connectivity index (χ2v) is 6.05. The van der Waals surface area contributed by atoms with Gasteiger partial charge in [-0.2, -0.15) is 0 Å². The van der Waals surface area contributed by atoms with Crippen LogP contribution in [-0.4, -0.2) is 24.0 Å². The van der Waals surface area contributed by atoms with Gasteiger partial charge in [-0.15, -0.1) is 0 Å². The van der Waals surface area contributed by atoms with Crippen molar-refractivity contribution in [2.45, 2.75) is 50.1 Å². The standard InChI is InChI=1S/C16H22N2O/c1-16(9-5-6-10-17-16)15(19)18-14-11-13(14)12-7-3-2-4-8-12/h2-4,7-8,13-14,17H,5-6,9-11H2,1H3,(H,18,19). The van der Waals surface area contributed by atoms with Gasteiger partial charge in [0.15, 0.2) is 0 Å². The lowest BCUT2D eigenvalue weighted by Crippen LogP contribution is -2.57. The van der Waals surface area contributed by atoms with Crippen LogP contribution in [0.15, 0.2) is 30.3 Å². The van der Waals surface area contributed by atoms with Gasteiger partial charge in [0.25, 0.3) is 0 Å². The van der Waals surface area contributed by atoms with Gasteiger partial charge in [-0.3, -0.25) is 4.79 Å². The minimum absolute atomic E-state index is 0.177. The predicted molar refractivity (Wildman–Crippen MR) is 76.0 cm³/mol. The van der Waals surface area contributed by atoms with Crippen molar-refractivity contribution in [2.75, 3.05) is 6.54 Å². The number of hydrogen-bond acceptors (Lipinski definition) is 2. The molecule has 1 aliphatic heterocycles. The zero-order chi connectivity index (χ0) is 13.3. The summed E-state index contributed by atoms with van der Waals surface area (Å²) in [6.45, 7) is 2.98. The smallest absolute Gasteiger partial charge is 0.240 e. The molecule has 3 atom stereocenters. The number of piperidine rings is 1. The van der Waals surface area contributed by atoms with E-state index >= 15 is 0 Å². The number of benzene rings is 1. The van der Waals surface area contributed by atoms with E-state index in [0.717, 1.165) is 25.8 Å². The van der Waals surface area contributed by atoms with Gasteiger partial charge in [0, 0.05) is 12.0 Å². The Morgan fingerprint density at radius 1 is 1.32 bits per heavy atom. The lowest BCUT2D eigenvalue weighted by atomic mass is 9.90. The molecule has 1 aromatic rings. The van der Waals surface area contributed by atoms with E-state index in [0.29, 0.717) is 12.0 Å². The van der Waals surface area contributed by atoms with Crippen LogP contribution in [0.1, 0.15) is 44.1 Å². The molecule has 3 heteroatoms. The molecule has 19 heavy (non-hydrogen) atoms. The van der Waals surface area contributed by atoms with Crippen LogP contribution in [0.2, 0.25) is 0 Å². The van der Waals surface area contributed by atoms with Gasteiger partial charge in [-0.25, -0.2) is 0 Å². The summed E-state index contributed by atoms with van der Waals surface area (Å²) in [7, 11) is 0. The van der Waals surface area contributed by atoms with E-state index in [1.165, 1.54) is 12.0 Å². The molecule has 1 saturated carbocycles. The summed E-state index contributed by atoms with van der Waals surface area (Å²) in [5.74, 6) is 0.688. The van der Waals surface area contributed by atoms with Gasteiger partial charge >= 0.3 is 0 Å². The van der Waals surface area contributed by atoms with Crippen LogP contribution in [0.3, 0.4) is 0 Å². The van der Waals surface area contributed by atoms with E-state index < -0.39 is 0 Å². The van der Waals surface area contributed by atoms with Crippen molar-refractivity contribution < 1.29 is 4.79 Å². The van der Waals surface area contributed by atoms with Gasteiger partial charge in [0.2, 0.25) is 5.91 Å². The largest absolute Gasteiger partial charge is 0.351 e. The quantitative estimate of drug-likeness (QED) is 0.872. The van der Waals surface area contributed by atoms with E-state index in [1.54, 1.807) is 0 Å². The monoisotopic (exact) mass is 258 g/mol. The van der Waals surface area contributed by atoms with E-state index in [9.17, 15) is 4.79 Å². The average Bonchev–Trinajstić information content (AvgIpc) is 3.20. The molecule has 0 aromatic heterocycles. The van der Waals surface area contributed by atoms with Gasteiger partial charge in [-0.1, -0.05) is 30.3 Å². The molecule has 3 unspecified atom stereocenters. The lowest BCUT2D eigenvalue weighted by Gasteiger charge is -2.33. The Balaban J connectivity index is 1.57. The maximum absolute atomic E-state index is 12.4. The third kappa shape index (κ3) is 2.66. The number of rotatable bonds is 3. The fraction of sp³-hybridized carbons (Fsp3) is 0.562. The molecule has 3 rings (SSSR count).